The summed E-state index contributed by atoms with van der Waals surface area (Å²) in [6.45, 7) is 9.56. The minimum Gasteiger partial charge on any atom is -0.508 e. The first-order chi connectivity index (χ1) is 15.4. The van der Waals surface area contributed by atoms with Gasteiger partial charge in [0, 0.05) is 11.1 Å². The smallest absolute Gasteiger partial charge is 0.333 e. The molecule has 5 heteroatoms. The van der Waals surface area contributed by atoms with Crippen LogP contribution in [-0.2, 0) is 9.53 Å². The third kappa shape index (κ3) is 11.1. The Labute approximate surface area is 198 Å². The lowest BCUT2D eigenvalue weighted by Crippen LogP contribution is -2.19. The zero-order valence-electron chi connectivity index (χ0n) is 20.9. The highest BCUT2D eigenvalue weighted by molar-refractivity contribution is 5.88. The second kappa shape index (κ2) is 13.7. The van der Waals surface area contributed by atoms with Crippen LogP contribution in [0.2, 0.25) is 0 Å². The van der Waals surface area contributed by atoms with Gasteiger partial charge in [0.1, 0.15) is 11.5 Å². The van der Waals surface area contributed by atoms with E-state index in [1.165, 1.54) is 30.4 Å². The van der Waals surface area contributed by atoms with Gasteiger partial charge in [0.05, 0.1) is 12.7 Å². The molecule has 1 aromatic carbocycles. The fraction of sp³-hybridized carbons (Fsp3) is 0.464. The van der Waals surface area contributed by atoms with Crippen molar-refractivity contribution in [3.8, 4) is 11.5 Å². The molecule has 0 bridgehead atoms. The number of rotatable bonds is 12. The lowest BCUT2D eigenvalue weighted by Gasteiger charge is -2.18. The molecule has 0 aliphatic carbocycles. The van der Waals surface area contributed by atoms with Gasteiger partial charge in [-0.2, -0.15) is 0 Å². The molecule has 1 aromatic rings. The van der Waals surface area contributed by atoms with Crippen LogP contribution in [0, 0.1) is 6.92 Å². The highest BCUT2D eigenvalue weighted by Gasteiger charge is 2.15. The summed E-state index contributed by atoms with van der Waals surface area (Å²) in [5.74, 6) is -0.102. The molecule has 182 valence electrons. The third-order valence-corrected chi connectivity index (χ3v) is 5.45. The summed E-state index contributed by atoms with van der Waals surface area (Å²) in [6.07, 6.45) is 13.7. The zero-order valence-corrected chi connectivity index (χ0v) is 20.9. The summed E-state index contributed by atoms with van der Waals surface area (Å²) in [5.41, 5.74) is 3.15. The van der Waals surface area contributed by atoms with Crippen molar-refractivity contribution in [2.75, 3.05) is 7.11 Å². The van der Waals surface area contributed by atoms with Gasteiger partial charge in [-0.1, -0.05) is 41.5 Å². The Balaban J connectivity index is 2.62. The standard InChI is InChI=1S/C28H40O5/c1-20(2)10-7-13-23(27(31)33-6)14-8-11-21(3)12-9-16-28(5,32)17-15-24-19-25(29)22(4)18-26(24)30/h10,12,14-15,17-19,29-30,32H,7-9,11,13,16H2,1-6H3/b17-15-,21-12+,23-14+. The Morgan fingerprint density at radius 1 is 1.00 bits per heavy atom. The van der Waals surface area contributed by atoms with Gasteiger partial charge in [-0.05, 0) is 90.8 Å². The van der Waals surface area contributed by atoms with Crippen molar-refractivity contribution >= 4 is 12.0 Å². The van der Waals surface area contributed by atoms with Crippen LogP contribution in [0.1, 0.15) is 77.3 Å². The van der Waals surface area contributed by atoms with E-state index in [9.17, 15) is 20.1 Å². The number of phenolic OH excluding ortho intramolecular Hbond substituents is 2. The predicted octanol–water partition coefficient (Wildman–Crippen LogP) is 6.52. The fourth-order valence-electron chi connectivity index (χ4n) is 3.31. The van der Waals surface area contributed by atoms with Gasteiger partial charge >= 0.3 is 5.97 Å². The van der Waals surface area contributed by atoms with Gasteiger partial charge in [-0.15, -0.1) is 0 Å². The van der Waals surface area contributed by atoms with Gasteiger partial charge in [0.2, 0.25) is 0 Å². The number of allylic oxidation sites excluding steroid dienone is 5. The van der Waals surface area contributed by atoms with Crippen molar-refractivity contribution in [1.29, 1.82) is 0 Å². The number of carbonyl (C=O) groups is 1. The van der Waals surface area contributed by atoms with Crippen molar-refractivity contribution in [1.82, 2.24) is 0 Å². The minimum absolute atomic E-state index is 0.0633. The summed E-state index contributed by atoms with van der Waals surface area (Å²) in [6, 6.07) is 2.98. The van der Waals surface area contributed by atoms with Crippen LogP contribution in [0.5, 0.6) is 11.5 Å². The van der Waals surface area contributed by atoms with Crippen LogP contribution in [0.15, 0.2) is 53.2 Å². The highest BCUT2D eigenvalue weighted by Crippen LogP contribution is 2.28. The number of carbonyl (C=O) groups excluding carboxylic acids is 1. The van der Waals surface area contributed by atoms with E-state index in [1.807, 2.05) is 26.8 Å². The van der Waals surface area contributed by atoms with Crippen molar-refractivity contribution in [3.63, 3.8) is 0 Å². The lowest BCUT2D eigenvalue weighted by atomic mass is 9.96. The summed E-state index contributed by atoms with van der Waals surface area (Å²) < 4.78 is 4.90. The van der Waals surface area contributed by atoms with E-state index in [1.54, 1.807) is 26.0 Å². The molecule has 0 aliphatic rings. The van der Waals surface area contributed by atoms with E-state index < -0.39 is 5.60 Å². The number of aromatic hydroxyl groups is 2. The zero-order chi connectivity index (χ0) is 25.0. The van der Waals surface area contributed by atoms with Crippen LogP contribution in [0.4, 0.5) is 0 Å². The maximum atomic E-state index is 12.0. The Morgan fingerprint density at radius 3 is 2.30 bits per heavy atom. The molecule has 1 unspecified atom stereocenters. The second-order valence-electron chi connectivity index (χ2n) is 9.06. The number of methoxy groups -OCH3 is 1. The first kappa shape index (κ1) is 28.2. The third-order valence-electron chi connectivity index (χ3n) is 5.45. The Bertz CT molecular complexity index is 912. The monoisotopic (exact) mass is 456 g/mol. The summed E-state index contributed by atoms with van der Waals surface area (Å²) in [5, 5.41) is 30.5. The number of hydrogen-bond donors (Lipinski definition) is 3. The van der Waals surface area contributed by atoms with Gasteiger partial charge in [0.25, 0.3) is 0 Å². The first-order valence-electron chi connectivity index (χ1n) is 11.5. The Hall–Kier alpha value is -2.79. The molecule has 5 nitrogen and oxygen atoms in total. The predicted molar refractivity (Wildman–Crippen MR) is 135 cm³/mol. The molecule has 1 atom stereocenters. The van der Waals surface area contributed by atoms with E-state index in [4.69, 9.17) is 4.74 Å². The molecule has 1 rings (SSSR count). The van der Waals surface area contributed by atoms with E-state index in [-0.39, 0.29) is 17.5 Å². The number of hydrogen-bond acceptors (Lipinski definition) is 5. The fourth-order valence-corrected chi connectivity index (χ4v) is 3.31. The molecule has 0 aliphatic heterocycles. The number of benzene rings is 1. The molecule has 0 spiro atoms. The van der Waals surface area contributed by atoms with Crippen LogP contribution in [0.3, 0.4) is 0 Å². The van der Waals surface area contributed by atoms with Crippen molar-refractivity contribution in [2.45, 2.75) is 78.7 Å². The maximum absolute atomic E-state index is 12.0. The molecule has 33 heavy (non-hydrogen) atoms. The number of phenols is 2. The normalized spacial score (nSPS) is 14.3. The number of aliphatic hydroxyl groups is 1. The van der Waals surface area contributed by atoms with Crippen molar-refractivity contribution < 1.29 is 24.9 Å². The van der Waals surface area contributed by atoms with E-state index in [0.717, 1.165) is 19.3 Å². The Morgan fingerprint density at radius 2 is 1.67 bits per heavy atom. The van der Waals surface area contributed by atoms with Crippen LogP contribution in [0.25, 0.3) is 6.08 Å². The molecule has 0 aromatic heterocycles. The molecular weight excluding hydrogens is 416 g/mol. The second-order valence-corrected chi connectivity index (χ2v) is 9.06. The average Bonchev–Trinajstić information content (AvgIpc) is 2.73. The number of aryl methyl sites for hydroxylation is 1. The number of ether oxygens (including phenoxy) is 1. The molecule has 3 N–H and O–H groups in total. The molecule has 0 amide bonds. The van der Waals surface area contributed by atoms with Crippen LogP contribution in [-0.4, -0.2) is 34.0 Å². The maximum Gasteiger partial charge on any atom is 0.333 e. The molecule has 0 heterocycles. The molecule has 0 saturated carbocycles. The van der Waals surface area contributed by atoms with Crippen LogP contribution >= 0.6 is 0 Å². The quantitative estimate of drug-likeness (QED) is 0.144. The largest absolute Gasteiger partial charge is 0.508 e. The van der Waals surface area contributed by atoms with Crippen LogP contribution < -0.4 is 0 Å². The summed E-state index contributed by atoms with van der Waals surface area (Å²) in [4.78, 5) is 12.0. The average molecular weight is 457 g/mol. The molecule has 0 fully saturated rings. The topological polar surface area (TPSA) is 87.0 Å². The Kier molecular flexibility index (Phi) is 11.7. The molecule has 0 radical (unpaired) electrons. The van der Waals surface area contributed by atoms with Gasteiger partial charge in [-0.25, -0.2) is 4.79 Å². The van der Waals surface area contributed by atoms with Gasteiger partial charge < -0.3 is 20.1 Å². The lowest BCUT2D eigenvalue weighted by molar-refractivity contribution is -0.136. The molecule has 0 saturated heterocycles. The highest BCUT2D eigenvalue weighted by atomic mass is 16.5. The SMILES string of the molecule is COC(=O)/C(=C/CC/C(C)=C/CCC(C)(O)/C=C\c1cc(O)c(C)cc1O)CCC=C(C)C. The van der Waals surface area contributed by atoms with Gasteiger partial charge in [0.15, 0.2) is 0 Å². The van der Waals surface area contributed by atoms with Crippen molar-refractivity contribution in [3.05, 3.63) is 64.3 Å². The minimum atomic E-state index is -1.05. The van der Waals surface area contributed by atoms with E-state index >= 15 is 0 Å². The van der Waals surface area contributed by atoms with E-state index in [0.29, 0.717) is 36.0 Å². The molecular formula is C28H40O5. The summed E-state index contributed by atoms with van der Waals surface area (Å²) >= 11 is 0. The van der Waals surface area contributed by atoms with E-state index in [2.05, 4.69) is 12.2 Å². The van der Waals surface area contributed by atoms with Crippen molar-refractivity contribution in [2.24, 2.45) is 0 Å². The first-order valence-corrected chi connectivity index (χ1v) is 11.5. The van der Waals surface area contributed by atoms with Gasteiger partial charge in [-0.3, -0.25) is 0 Å². The summed E-state index contributed by atoms with van der Waals surface area (Å²) in [7, 11) is 1.41. The number of esters is 1.